The second-order valence-electron chi connectivity index (χ2n) is 4.02. The maximum Gasteiger partial charge on any atom is 0.345 e. The molecule has 0 bridgehead atoms. The summed E-state index contributed by atoms with van der Waals surface area (Å²) in [5, 5.41) is 7.17. The first-order valence-corrected chi connectivity index (χ1v) is 6.05. The van der Waals surface area contributed by atoms with Gasteiger partial charge in [0.1, 0.15) is 17.2 Å². The second kappa shape index (κ2) is 5.60. The van der Waals surface area contributed by atoms with Crippen molar-refractivity contribution in [3.05, 3.63) is 35.6 Å². The van der Waals surface area contributed by atoms with Crippen LogP contribution in [0.15, 0.2) is 24.3 Å². The van der Waals surface area contributed by atoms with Gasteiger partial charge in [0.05, 0.1) is 12.8 Å². The SMILES string of the molecule is CCNc1nn(-c2ccc(F)cc2)c(N)c1C(=O)OC. The number of benzene rings is 1. The molecule has 6 nitrogen and oxygen atoms in total. The van der Waals surface area contributed by atoms with Crippen molar-refractivity contribution >= 4 is 17.6 Å². The van der Waals surface area contributed by atoms with E-state index in [1.54, 1.807) is 0 Å². The van der Waals surface area contributed by atoms with Gasteiger partial charge in [0.15, 0.2) is 5.82 Å². The van der Waals surface area contributed by atoms with Crippen molar-refractivity contribution in [1.29, 1.82) is 0 Å². The summed E-state index contributed by atoms with van der Waals surface area (Å²) in [7, 11) is 1.27. The fourth-order valence-electron chi connectivity index (χ4n) is 1.80. The molecule has 106 valence electrons. The molecule has 20 heavy (non-hydrogen) atoms. The Labute approximate surface area is 115 Å². The van der Waals surface area contributed by atoms with Gasteiger partial charge in [-0.1, -0.05) is 0 Å². The van der Waals surface area contributed by atoms with Crippen molar-refractivity contribution in [2.24, 2.45) is 0 Å². The third-order valence-electron chi connectivity index (χ3n) is 2.73. The number of carbonyl (C=O) groups excluding carboxylic acids is 1. The van der Waals surface area contributed by atoms with E-state index in [0.29, 0.717) is 18.1 Å². The van der Waals surface area contributed by atoms with Crippen molar-refractivity contribution < 1.29 is 13.9 Å². The van der Waals surface area contributed by atoms with Gasteiger partial charge in [-0.15, -0.1) is 5.10 Å². The van der Waals surface area contributed by atoms with Gasteiger partial charge in [0, 0.05) is 6.54 Å². The van der Waals surface area contributed by atoms with Crippen LogP contribution < -0.4 is 11.1 Å². The minimum absolute atomic E-state index is 0.138. The van der Waals surface area contributed by atoms with Gasteiger partial charge >= 0.3 is 5.97 Å². The first kappa shape index (κ1) is 13.9. The van der Waals surface area contributed by atoms with Crippen LogP contribution in [0.5, 0.6) is 0 Å². The number of nitrogens with one attached hydrogen (secondary N) is 1. The maximum atomic E-state index is 12.9. The number of rotatable bonds is 4. The van der Waals surface area contributed by atoms with E-state index in [1.165, 1.54) is 36.1 Å². The molecule has 0 atom stereocenters. The van der Waals surface area contributed by atoms with Crippen LogP contribution in [0.3, 0.4) is 0 Å². The van der Waals surface area contributed by atoms with Crippen LogP contribution >= 0.6 is 0 Å². The van der Waals surface area contributed by atoms with Crippen LogP contribution in [0, 0.1) is 5.82 Å². The maximum absolute atomic E-state index is 12.9. The molecule has 1 aromatic carbocycles. The van der Waals surface area contributed by atoms with Crippen LogP contribution in [-0.4, -0.2) is 29.4 Å². The minimum atomic E-state index is -0.577. The number of anilines is 2. The Kier molecular flexibility index (Phi) is 3.88. The Balaban J connectivity index is 2.54. The molecular formula is C13H15FN4O2. The normalized spacial score (nSPS) is 10.3. The molecule has 0 aliphatic carbocycles. The number of nitrogen functional groups attached to an aromatic ring is 1. The van der Waals surface area contributed by atoms with Crippen LogP contribution in [0.4, 0.5) is 16.0 Å². The van der Waals surface area contributed by atoms with E-state index < -0.39 is 5.97 Å². The number of carbonyl (C=O) groups is 1. The smallest absolute Gasteiger partial charge is 0.345 e. The van der Waals surface area contributed by atoms with Gasteiger partial charge in [-0.25, -0.2) is 13.9 Å². The monoisotopic (exact) mass is 278 g/mol. The molecule has 7 heteroatoms. The molecule has 0 aliphatic heterocycles. The quantitative estimate of drug-likeness (QED) is 0.833. The van der Waals surface area contributed by atoms with Gasteiger partial charge < -0.3 is 15.8 Å². The van der Waals surface area contributed by atoms with Crippen molar-refractivity contribution in [2.75, 3.05) is 24.7 Å². The van der Waals surface area contributed by atoms with Gasteiger partial charge in [-0.05, 0) is 31.2 Å². The van der Waals surface area contributed by atoms with E-state index in [9.17, 15) is 9.18 Å². The number of halogens is 1. The van der Waals surface area contributed by atoms with Crippen molar-refractivity contribution in [3.63, 3.8) is 0 Å². The number of esters is 1. The lowest BCUT2D eigenvalue weighted by atomic mass is 10.3. The molecule has 1 aromatic heterocycles. The van der Waals surface area contributed by atoms with Gasteiger partial charge in [0.25, 0.3) is 0 Å². The largest absolute Gasteiger partial charge is 0.465 e. The number of hydrogen-bond donors (Lipinski definition) is 2. The van der Waals surface area contributed by atoms with Crippen molar-refractivity contribution in [2.45, 2.75) is 6.92 Å². The fraction of sp³-hybridized carbons (Fsp3) is 0.231. The molecule has 2 aromatic rings. The lowest BCUT2D eigenvalue weighted by molar-refractivity contribution is 0.0603. The van der Waals surface area contributed by atoms with Gasteiger partial charge in [-0.3, -0.25) is 0 Å². The Morgan fingerprint density at radius 3 is 2.65 bits per heavy atom. The number of nitrogens with two attached hydrogens (primary N) is 1. The lowest BCUT2D eigenvalue weighted by Gasteiger charge is -2.04. The van der Waals surface area contributed by atoms with Gasteiger partial charge in [0.2, 0.25) is 0 Å². The topological polar surface area (TPSA) is 82.2 Å². The van der Waals surface area contributed by atoms with Crippen LogP contribution in [0.2, 0.25) is 0 Å². The van der Waals surface area contributed by atoms with Crippen molar-refractivity contribution in [3.8, 4) is 5.69 Å². The van der Waals surface area contributed by atoms with E-state index in [2.05, 4.69) is 10.4 Å². The summed E-state index contributed by atoms with van der Waals surface area (Å²) in [4.78, 5) is 11.8. The van der Waals surface area contributed by atoms with Crippen molar-refractivity contribution in [1.82, 2.24) is 9.78 Å². The summed E-state index contributed by atoms with van der Waals surface area (Å²) >= 11 is 0. The Morgan fingerprint density at radius 2 is 2.10 bits per heavy atom. The fourth-order valence-corrected chi connectivity index (χ4v) is 1.80. The number of methoxy groups -OCH3 is 1. The lowest BCUT2D eigenvalue weighted by Crippen LogP contribution is -2.09. The summed E-state index contributed by atoms with van der Waals surface area (Å²) in [5.41, 5.74) is 6.67. The van der Waals surface area contributed by atoms with Crippen LogP contribution in [0.25, 0.3) is 5.69 Å². The molecule has 0 saturated heterocycles. The Morgan fingerprint density at radius 1 is 1.45 bits per heavy atom. The number of hydrogen-bond acceptors (Lipinski definition) is 5. The highest BCUT2D eigenvalue weighted by molar-refractivity contribution is 5.99. The van der Waals surface area contributed by atoms with Gasteiger partial charge in [-0.2, -0.15) is 0 Å². The predicted octanol–water partition coefficient (Wildman–Crippen LogP) is 1.81. The summed E-state index contributed by atoms with van der Waals surface area (Å²) in [6.07, 6.45) is 0. The molecule has 0 fully saturated rings. The van der Waals surface area contributed by atoms with E-state index in [-0.39, 0.29) is 17.2 Å². The molecule has 0 radical (unpaired) electrons. The second-order valence-corrected chi connectivity index (χ2v) is 4.02. The number of aromatic nitrogens is 2. The molecule has 0 saturated carbocycles. The predicted molar refractivity (Wildman–Crippen MR) is 73.4 cm³/mol. The molecule has 3 N–H and O–H groups in total. The molecule has 0 aliphatic rings. The first-order chi connectivity index (χ1) is 9.58. The van der Waals surface area contributed by atoms with E-state index in [0.717, 1.165) is 0 Å². The summed E-state index contributed by atoms with van der Waals surface area (Å²) in [6.45, 7) is 2.44. The van der Waals surface area contributed by atoms with Crippen LogP contribution in [-0.2, 0) is 4.74 Å². The summed E-state index contributed by atoms with van der Waals surface area (Å²) in [5.74, 6) is -0.466. The van der Waals surface area contributed by atoms with E-state index in [4.69, 9.17) is 10.5 Å². The average Bonchev–Trinajstić information content (AvgIpc) is 2.76. The standard InChI is InChI=1S/C13H15FN4O2/c1-3-16-12-10(13(19)20-2)11(15)18(17-12)9-6-4-8(14)5-7-9/h4-7H,3,15H2,1-2H3,(H,16,17). The van der Waals surface area contributed by atoms with Crippen LogP contribution in [0.1, 0.15) is 17.3 Å². The zero-order valence-corrected chi connectivity index (χ0v) is 11.2. The zero-order valence-electron chi connectivity index (χ0n) is 11.2. The first-order valence-electron chi connectivity index (χ1n) is 6.05. The molecule has 0 unspecified atom stereocenters. The Bertz CT molecular complexity index is 622. The summed E-state index contributed by atoms with van der Waals surface area (Å²) < 4.78 is 19.0. The molecular weight excluding hydrogens is 263 g/mol. The van der Waals surface area contributed by atoms with E-state index in [1.807, 2.05) is 6.92 Å². The average molecular weight is 278 g/mol. The highest BCUT2D eigenvalue weighted by Gasteiger charge is 2.23. The molecule has 1 heterocycles. The highest BCUT2D eigenvalue weighted by Crippen LogP contribution is 2.25. The van der Waals surface area contributed by atoms with E-state index >= 15 is 0 Å². The summed E-state index contributed by atoms with van der Waals surface area (Å²) in [6, 6.07) is 5.63. The number of ether oxygens (including phenoxy) is 1. The third kappa shape index (κ3) is 2.42. The zero-order chi connectivity index (χ0) is 14.7. The minimum Gasteiger partial charge on any atom is -0.465 e. The molecule has 0 amide bonds. The Hall–Kier alpha value is -2.57. The highest BCUT2D eigenvalue weighted by atomic mass is 19.1. The third-order valence-corrected chi connectivity index (χ3v) is 2.73. The number of nitrogens with zero attached hydrogens (tertiary/aromatic N) is 2. The molecule has 2 rings (SSSR count). The molecule has 0 spiro atoms.